The summed E-state index contributed by atoms with van der Waals surface area (Å²) >= 11 is 0. The van der Waals surface area contributed by atoms with E-state index in [1.807, 2.05) is 0 Å². The van der Waals surface area contributed by atoms with Crippen LogP contribution in [0, 0.1) is 11.8 Å². The number of benzene rings is 1. The van der Waals surface area contributed by atoms with Gasteiger partial charge in [0.15, 0.2) is 0 Å². The second kappa shape index (κ2) is 7.78. The Morgan fingerprint density at radius 1 is 1.20 bits per heavy atom. The SMILES string of the molecule is CNCCC[C@@H]1Cc2cc(C(C)(C)C)ccc2N[C@H]1C1C=CC=CC1. The highest BCUT2D eigenvalue weighted by molar-refractivity contribution is 5.57. The summed E-state index contributed by atoms with van der Waals surface area (Å²) in [5.41, 5.74) is 4.52. The van der Waals surface area contributed by atoms with Crippen molar-refractivity contribution in [3.8, 4) is 0 Å². The molecule has 1 aromatic carbocycles. The van der Waals surface area contributed by atoms with E-state index in [2.05, 4.69) is 81.0 Å². The number of hydrogen-bond donors (Lipinski definition) is 2. The highest BCUT2D eigenvalue weighted by Crippen LogP contribution is 2.38. The lowest BCUT2D eigenvalue weighted by Gasteiger charge is -2.39. The summed E-state index contributed by atoms with van der Waals surface area (Å²) in [6.45, 7) is 8.02. The van der Waals surface area contributed by atoms with E-state index in [1.165, 1.54) is 36.1 Å². The van der Waals surface area contributed by atoms with E-state index in [4.69, 9.17) is 0 Å². The fraction of sp³-hybridized carbons (Fsp3) is 0.565. The van der Waals surface area contributed by atoms with Crippen LogP contribution in [0.15, 0.2) is 42.5 Å². The van der Waals surface area contributed by atoms with Gasteiger partial charge in [-0.25, -0.2) is 0 Å². The van der Waals surface area contributed by atoms with E-state index < -0.39 is 0 Å². The quantitative estimate of drug-likeness (QED) is 0.733. The molecular weight excluding hydrogens is 304 g/mol. The normalized spacial score (nSPS) is 25.5. The third-order valence-corrected chi connectivity index (χ3v) is 5.76. The molecule has 2 heteroatoms. The van der Waals surface area contributed by atoms with Gasteiger partial charge in [0.25, 0.3) is 0 Å². The molecule has 3 atom stereocenters. The van der Waals surface area contributed by atoms with Crippen molar-refractivity contribution in [2.45, 2.75) is 57.9 Å². The fourth-order valence-electron chi connectivity index (χ4n) is 4.22. The van der Waals surface area contributed by atoms with E-state index in [9.17, 15) is 0 Å². The van der Waals surface area contributed by atoms with Crippen LogP contribution in [0.2, 0.25) is 0 Å². The molecule has 136 valence electrons. The molecule has 0 fully saturated rings. The van der Waals surface area contributed by atoms with E-state index in [0.29, 0.717) is 17.9 Å². The minimum atomic E-state index is 0.213. The van der Waals surface area contributed by atoms with E-state index in [-0.39, 0.29) is 5.41 Å². The highest BCUT2D eigenvalue weighted by Gasteiger charge is 2.33. The Bertz CT molecular complexity index is 636. The monoisotopic (exact) mass is 338 g/mol. The minimum absolute atomic E-state index is 0.213. The van der Waals surface area contributed by atoms with Gasteiger partial charge in [0.2, 0.25) is 0 Å². The van der Waals surface area contributed by atoms with Crippen LogP contribution < -0.4 is 10.6 Å². The van der Waals surface area contributed by atoms with Crippen LogP contribution in [0.5, 0.6) is 0 Å². The predicted molar refractivity (Wildman–Crippen MR) is 109 cm³/mol. The first-order valence-corrected chi connectivity index (χ1v) is 9.87. The van der Waals surface area contributed by atoms with Crippen molar-refractivity contribution >= 4 is 5.69 Å². The molecule has 1 heterocycles. The summed E-state index contributed by atoms with van der Waals surface area (Å²) in [4.78, 5) is 0. The van der Waals surface area contributed by atoms with Crippen molar-refractivity contribution in [3.05, 3.63) is 53.6 Å². The Morgan fingerprint density at radius 2 is 2.04 bits per heavy atom. The zero-order chi connectivity index (χ0) is 17.9. The Labute approximate surface area is 153 Å². The van der Waals surface area contributed by atoms with Crippen molar-refractivity contribution in [1.82, 2.24) is 5.32 Å². The molecule has 1 unspecified atom stereocenters. The Morgan fingerprint density at radius 3 is 2.72 bits per heavy atom. The molecule has 3 rings (SSSR count). The molecule has 0 amide bonds. The van der Waals surface area contributed by atoms with Crippen LogP contribution in [-0.2, 0) is 11.8 Å². The molecule has 25 heavy (non-hydrogen) atoms. The molecule has 1 aromatic rings. The maximum atomic E-state index is 3.92. The smallest absolute Gasteiger partial charge is 0.0375 e. The summed E-state index contributed by atoms with van der Waals surface area (Å²) in [6, 6.07) is 7.61. The first-order valence-electron chi connectivity index (χ1n) is 9.87. The summed E-state index contributed by atoms with van der Waals surface area (Å²) in [5.74, 6) is 1.32. The first-order chi connectivity index (χ1) is 12.0. The topological polar surface area (TPSA) is 24.1 Å². The van der Waals surface area contributed by atoms with Crippen molar-refractivity contribution in [2.75, 3.05) is 18.9 Å². The molecule has 0 saturated carbocycles. The van der Waals surface area contributed by atoms with Crippen LogP contribution >= 0.6 is 0 Å². The fourth-order valence-corrected chi connectivity index (χ4v) is 4.22. The van der Waals surface area contributed by atoms with Gasteiger partial charge in [-0.2, -0.15) is 0 Å². The summed E-state index contributed by atoms with van der Waals surface area (Å²) in [7, 11) is 2.05. The molecule has 0 bridgehead atoms. The Balaban J connectivity index is 1.83. The largest absolute Gasteiger partial charge is 0.381 e. The average molecular weight is 339 g/mol. The highest BCUT2D eigenvalue weighted by atomic mass is 15.0. The number of allylic oxidation sites excluding steroid dienone is 3. The molecular formula is C23H34N2. The van der Waals surface area contributed by atoms with Gasteiger partial charge in [-0.05, 0) is 67.8 Å². The Hall–Kier alpha value is -1.54. The lowest BCUT2D eigenvalue weighted by Crippen LogP contribution is -2.41. The second-order valence-electron chi connectivity index (χ2n) is 8.71. The molecule has 0 spiro atoms. The van der Waals surface area contributed by atoms with Gasteiger partial charge < -0.3 is 10.6 Å². The van der Waals surface area contributed by atoms with E-state index >= 15 is 0 Å². The van der Waals surface area contributed by atoms with E-state index in [0.717, 1.165) is 13.0 Å². The van der Waals surface area contributed by atoms with Crippen LogP contribution in [-0.4, -0.2) is 19.6 Å². The molecule has 0 saturated heterocycles. The summed E-state index contributed by atoms with van der Waals surface area (Å²) < 4.78 is 0. The van der Waals surface area contributed by atoms with Gasteiger partial charge in [-0.15, -0.1) is 0 Å². The molecule has 1 aliphatic carbocycles. The summed E-state index contributed by atoms with van der Waals surface area (Å²) in [5, 5.41) is 7.22. The van der Waals surface area contributed by atoms with Gasteiger partial charge in [-0.1, -0.05) is 57.2 Å². The minimum Gasteiger partial charge on any atom is -0.381 e. The van der Waals surface area contributed by atoms with Gasteiger partial charge in [0.05, 0.1) is 0 Å². The maximum absolute atomic E-state index is 3.92. The van der Waals surface area contributed by atoms with Crippen molar-refractivity contribution in [3.63, 3.8) is 0 Å². The summed E-state index contributed by atoms with van der Waals surface area (Å²) in [6.07, 6.45) is 14.0. The van der Waals surface area contributed by atoms with E-state index in [1.54, 1.807) is 0 Å². The van der Waals surface area contributed by atoms with Crippen LogP contribution in [0.3, 0.4) is 0 Å². The van der Waals surface area contributed by atoms with Crippen molar-refractivity contribution < 1.29 is 0 Å². The van der Waals surface area contributed by atoms with Crippen LogP contribution in [0.25, 0.3) is 0 Å². The number of anilines is 1. The Kier molecular flexibility index (Phi) is 5.68. The second-order valence-corrected chi connectivity index (χ2v) is 8.71. The average Bonchev–Trinajstić information content (AvgIpc) is 2.61. The number of rotatable bonds is 5. The van der Waals surface area contributed by atoms with Crippen molar-refractivity contribution in [1.29, 1.82) is 0 Å². The standard InChI is InChI=1S/C23H34N2/c1-23(2,3)20-12-13-21-19(16-20)15-18(11-8-14-24-4)22(25-21)17-9-6-5-7-10-17/h5-7,9,12-13,16-18,22,24-25H,8,10-11,14-15H2,1-4H3/t17?,18-,22+/m1/s1. The maximum Gasteiger partial charge on any atom is 0.0375 e. The number of nitrogens with one attached hydrogen (secondary N) is 2. The predicted octanol–water partition coefficient (Wildman–Crippen LogP) is 5.07. The molecule has 2 nitrogen and oxygen atoms in total. The van der Waals surface area contributed by atoms with Gasteiger partial charge in [-0.3, -0.25) is 0 Å². The number of hydrogen-bond acceptors (Lipinski definition) is 2. The molecule has 2 N–H and O–H groups in total. The lowest BCUT2D eigenvalue weighted by molar-refractivity contribution is 0.331. The van der Waals surface area contributed by atoms with Gasteiger partial charge in [0, 0.05) is 17.6 Å². The lowest BCUT2D eigenvalue weighted by atomic mass is 9.75. The van der Waals surface area contributed by atoms with Gasteiger partial charge >= 0.3 is 0 Å². The molecule has 2 aliphatic rings. The third-order valence-electron chi connectivity index (χ3n) is 5.76. The van der Waals surface area contributed by atoms with Crippen LogP contribution in [0.4, 0.5) is 5.69 Å². The van der Waals surface area contributed by atoms with Crippen molar-refractivity contribution in [2.24, 2.45) is 11.8 Å². The van der Waals surface area contributed by atoms with Gasteiger partial charge in [0.1, 0.15) is 0 Å². The zero-order valence-corrected chi connectivity index (χ0v) is 16.3. The molecule has 1 aliphatic heterocycles. The number of fused-ring (bicyclic) bond motifs is 1. The third kappa shape index (κ3) is 4.36. The zero-order valence-electron chi connectivity index (χ0n) is 16.3. The molecule has 0 aromatic heterocycles. The first kappa shape index (κ1) is 18.3. The van der Waals surface area contributed by atoms with Crippen LogP contribution in [0.1, 0.15) is 51.2 Å². The molecule has 0 radical (unpaired) electrons.